The van der Waals surface area contributed by atoms with Crippen molar-refractivity contribution in [2.45, 2.75) is 49.6 Å². The van der Waals surface area contributed by atoms with Crippen LogP contribution in [-0.4, -0.2) is 37.3 Å². The molecule has 1 aliphatic rings. The predicted octanol–water partition coefficient (Wildman–Crippen LogP) is 3.93. The fourth-order valence-electron chi connectivity index (χ4n) is 2.84. The Kier molecular flexibility index (Phi) is 6.40. The molecule has 0 aliphatic carbocycles. The summed E-state index contributed by atoms with van der Waals surface area (Å²) in [4.78, 5) is 3.94. The minimum atomic E-state index is 0.435. The molecule has 0 aromatic heterocycles. The third-order valence-electron chi connectivity index (χ3n) is 4.45. The average Bonchev–Trinajstić information content (AvgIpc) is 2.49. The highest BCUT2D eigenvalue weighted by Crippen LogP contribution is 2.25. The van der Waals surface area contributed by atoms with Crippen LogP contribution in [-0.2, 0) is 0 Å². The molecule has 1 N–H and O–H groups in total. The fraction of sp³-hybridized carbons (Fsp3) is 0.647. The van der Waals surface area contributed by atoms with Crippen LogP contribution >= 0.6 is 11.8 Å². The molecule has 2 nitrogen and oxygen atoms in total. The highest BCUT2D eigenvalue weighted by atomic mass is 32.2. The van der Waals surface area contributed by atoms with E-state index >= 15 is 0 Å². The maximum atomic E-state index is 3.28. The number of benzene rings is 1. The average molecular weight is 292 g/mol. The van der Waals surface area contributed by atoms with Gasteiger partial charge in [0.2, 0.25) is 0 Å². The first-order valence-corrected chi connectivity index (χ1v) is 8.79. The maximum absolute atomic E-state index is 3.28. The standard InChI is InChI=1S/C17H28N2S/c1-14(18-2)15-7-9-17(10-8-15)20-13-11-16-6-4-5-12-19(16)3/h7-10,14,16,18H,4-6,11-13H2,1-3H3. The molecular formula is C17H28N2S. The van der Waals surface area contributed by atoms with Gasteiger partial charge in [0.05, 0.1) is 0 Å². The summed E-state index contributed by atoms with van der Waals surface area (Å²) in [5.74, 6) is 1.23. The molecule has 1 aliphatic heterocycles. The molecule has 2 atom stereocenters. The molecular weight excluding hydrogens is 264 g/mol. The largest absolute Gasteiger partial charge is 0.313 e. The normalized spacial score (nSPS) is 21.9. The Morgan fingerprint density at radius 1 is 1.30 bits per heavy atom. The first kappa shape index (κ1) is 15.9. The van der Waals surface area contributed by atoms with Gasteiger partial charge in [-0.1, -0.05) is 18.6 Å². The van der Waals surface area contributed by atoms with Crippen molar-refractivity contribution in [3.8, 4) is 0 Å². The van der Waals surface area contributed by atoms with Gasteiger partial charge in [-0.3, -0.25) is 0 Å². The molecule has 1 aromatic carbocycles. The summed E-state index contributed by atoms with van der Waals surface area (Å²) in [6, 6.07) is 10.3. The van der Waals surface area contributed by atoms with E-state index in [1.807, 2.05) is 18.8 Å². The van der Waals surface area contributed by atoms with E-state index in [1.54, 1.807) is 0 Å². The van der Waals surface area contributed by atoms with Gasteiger partial charge in [0.15, 0.2) is 0 Å². The van der Waals surface area contributed by atoms with Gasteiger partial charge in [0.25, 0.3) is 0 Å². The first-order chi connectivity index (χ1) is 9.70. The lowest BCUT2D eigenvalue weighted by Gasteiger charge is -2.32. The molecule has 1 heterocycles. The number of thioether (sulfide) groups is 1. The first-order valence-electron chi connectivity index (χ1n) is 7.81. The van der Waals surface area contributed by atoms with Crippen molar-refractivity contribution in [3.63, 3.8) is 0 Å². The molecule has 1 fully saturated rings. The van der Waals surface area contributed by atoms with Crippen LogP contribution in [0, 0.1) is 0 Å². The molecule has 112 valence electrons. The van der Waals surface area contributed by atoms with E-state index in [0.29, 0.717) is 6.04 Å². The van der Waals surface area contributed by atoms with E-state index in [9.17, 15) is 0 Å². The van der Waals surface area contributed by atoms with Crippen molar-refractivity contribution >= 4 is 11.8 Å². The Morgan fingerprint density at radius 2 is 2.05 bits per heavy atom. The molecule has 2 unspecified atom stereocenters. The van der Waals surface area contributed by atoms with Crippen LogP contribution < -0.4 is 5.32 Å². The van der Waals surface area contributed by atoms with Crippen LogP contribution in [0.25, 0.3) is 0 Å². The molecule has 0 spiro atoms. The van der Waals surface area contributed by atoms with Gasteiger partial charge in [-0.15, -0.1) is 11.8 Å². The highest BCUT2D eigenvalue weighted by Gasteiger charge is 2.18. The molecule has 1 aromatic rings. The summed E-state index contributed by atoms with van der Waals surface area (Å²) in [6.07, 6.45) is 5.49. The number of hydrogen-bond acceptors (Lipinski definition) is 3. The van der Waals surface area contributed by atoms with E-state index in [-0.39, 0.29) is 0 Å². The van der Waals surface area contributed by atoms with Gasteiger partial charge in [0, 0.05) is 17.0 Å². The van der Waals surface area contributed by atoms with Crippen LogP contribution in [0.4, 0.5) is 0 Å². The zero-order chi connectivity index (χ0) is 14.4. The minimum absolute atomic E-state index is 0.435. The SMILES string of the molecule is CNC(C)c1ccc(SCCC2CCCCN2C)cc1. The third kappa shape index (κ3) is 4.51. The van der Waals surface area contributed by atoms with Crippen LogP contribution in [0.15, 0.2) is 29.2 Å². The monoisotopic (exact) mass is 292 g/mol. The Balaban J connectivity index is 1.76. The summed E-state index contributed by atoms with van der Waals surface area (Å²) >= 11 is 2.00. The number of nitrogens with one attached hydrogen (secondary N) is 1. The number of piperidine rings is 1. The van der Waals surface area contributed by atoms with Crippen molar-refractivity contribution in [2.75, 3.05) is 26.4 Å². The van der Waals surface area contributed by atoms with E-state index in [1.165, 1.54) is 48.4 Å². The number of hydrogen-bond donors (Lipinski definition) is 1. The predicted molar refractivity (Wildman–Crippen MR) is 89.5 cm³/mol. The lowest BCUT2D eigenvalue weighted by molar-refractivity contribution is 0.182. The molecule has 0 radical (unpaired) electrons. The van der Waals surface area contributed by atoms with Crippen molar-refractivity contribution < 1.29 is 0 Å². The van der Waals surface area contributed by atoms with Crippen LogP contribution in [0.1, 0.15) is 44.2 Å². The molecule has 0 bridgehead atoms. The Bertz CT molecular complexity index is 390. The van der Waals surface area contributed by atoms with Crippen molar-refractivity contribution in [2.24, 2.45) is 0 Å². The summed E-state index contributed by atoms with van der Waals surface area (Å²) in [5.41, 5.74) is 1.36. The van der Waals surface area contributed by atoms with Gasteiger partial charge in [-0.25, -0.2) is 0 Å². The smallest absolute Gasteiger partial charge is 0.0289 e. The van der Waals surface area contributed by atoms with E-state index < -0.39 is 0 Å². The summed E-state index contributed by atoms with van der Waals surface area (Å²) < 4.78 is 0. The van der Waals surface area contributed by atoms with Gasteiger partial charge in [0.1, 0.15) is 0 Å². The van der Waals surface area contributed by atoms with Crippen LogP contribution in [0.2, 0.25) is 0 Å². The lowest BCUT2D eigenvalue weighted by atomic mass is 10.0. The molecule has 20 heavy (non-hydrogen) atoms. The Morgan fingerprint density at radius 3 is 2.70 bits per heavy atom. The quantitative estimate of drug-likeness (QED) is 0.800. The van der Waals surface area contributed by atoms with Crippen molar-refractivity contribution in [3.05, 3.63) is 29.8 Å². The van der Waals surface area contributed by atoms with Gasteiger partial charge in [-0.05, 0) is 70.3 Å². The summed E-state index contributed by atoms with van der Waals surface area (Å²) in [7, 11) is 4.29. The van der Waals surface area contributed by atoms with E-state index in [4.69, 9.17) is 0 Å². The number of likely N-dealkylation sites (tertiary alicyclic amines) is 1. The van der Waals surface area contributed by atoms with Gasteiger partial charge >= 0.3 is 0 Å². The van der Waals surface area contributed by atoms with E-state index in [0.717, 1.165) is 6.04 Å². The van der Waals surface area contributed by atoms with Gasteiger partial charge < -0.3 is 10.2 Å². The second-order valence-electron chi connectivity index (χ2n) is 5.85. The minimum Gasteiger partial charge on any atom is -0.313 e. The number of nitrogens with zero attached hydrogens (tertiary/aromatic N) is 1. The molecule has 3 heteroatoms. The van der Waals surface area contributed by atoms with E-state index in [2.05, 4.69) is 48.5 Å². The zero-order valence-electron chi connectivity index (χ0n) is 13.1. The molecule has 0 saturated carbocycles. The van der Waals surface area contributed by atoms with Crippen molar-refractivity contribution in [1.29, 1.82) is 0 Å². The van der Waals surface area contributed by atoms with Crippen molar-refractivity contribution in [1.82, 2.24) is 10.2 Å². The third-order valence-corrected chi connectivity index (χ3v) is 5.50. The fourth-order valence-corrected chi connectivity index (χ4v) is 3.80. The summed E-state index contributed by atoms with van der Waals surface area (Å²) in [6.45, 7) is 3.48. The topological polar surface area (TPSA) is 15.3 Å². The summed E-state index contributed by atoms with van der Waals surface area (Å²) in [5, 5.41) is 3.28. The molecule has 1 saturated heterocycles. The second-order valence-corrected chi connectivity index (χ2v) is 7.02. The molecule has 0 amide bonds. The Hall–Kier alpha value is -0.510. The second kappa shape index (κ2) is 8.06. The molecule has 2 rings (SSSR count). The van der Waals surface area contributed by atoms with Crippen LogP contribution in [0.3, 0.4) is 0 Å². The van der Waals surface area contributed by atoms with Gasteiger partial charge in [-0.2, -0.15) is 0 Å². The Labute approximate surface area is 128 Å². The van der Waals surface area contributed by atoms with Crippen LogP contribution in [0.5, 0.6) is 0 Å². The maximum Gasteiger partial charge on any atom is 0.0289 e. The zero-order valence-corrected chi connectivity index (χ0v) is 13.9. The highest BCUT2D eigenvalue weighted by molar-refractivity contribution is 7.99. The number of rotatable bonds is 6. The lowest BCUT2D eigenvalue weighted by Crippen LogP contribution is -2.36.